The van der Waals surface area contributed by atoms with Crippen LogP contribution in [0, 0.1) is 6.92 Å². The van der Waals surface area contributed by atoms with Crippen LogP contribution in [0.4, 0.5) is 0 Å². The second-order valence-electron chi connectivity index (χ2n) is 3.64. The van der Waals surface area contributed by atoms with Crippen LogP contribution in [-0.4, -0.2) is 38.9 Å². The third-order valence-corrected chi connectivity index (χ3v) is 3.74. The summed E-state index contributed by atoms with van der Waals surface area (Å²) in [6, 6.07) is 0.411. The predicted molar refractivity (Wildman–Crippen MR) is 64.5 cm³/mol. The summed E-state index contributed by atoms with van der Waals surface area (Å²) in [5.74, 6) is 1.46. The van der Waals surface area contributed by atoms with Gasteiger partial charge in [-0.3, -0.25) is 0 Å². The highest BCUT2D eigenvalue weighted by Gasteiger charge is 2.07. The first-order valence-corrected chi connectivity index (χ1v) is 6.68. The molecule has 86 valence electrons. The second-order valence-corrected chi connectivity index (χ2v) is 5.65. The molecule has 0 saturated carbocycles. The smallest absolute Gasteiger partial charge is 0.170 e. The second kappa shape index (κ2) is 6.42. The van der Waals surface area contributed by atoms with Crippen LogP contribution in [0.2, 0.25) is 0 Å². The average molecular weight is 247 g/mol. The maximum atomic E-state index is 9.64. The summed E-state index contributed by atoms with van der Waals surface area (Å²) < 4.78 is 5.01. The molecule has 1 aromatic heterocycles. The van der Waals surface area contributed by atoms with E-state index in [1.165, 1.54) is 11.5 Å². The summed E-state index contributed by atoms with van der Waals surface area (Å²) in [4.78, 5) is 4.22. The molecular formula is C9H17N3OS2. The van der Waals surface area contributed by atoms with Crippen molar-refractivity contribution < 1.29 is 5.11 Å². The van der Waals surface area contributed by atoms with E-state index in [4.69, 9.17) is 0 Å². The van der Waals surface area contributed by atoms with Crippen molar-refractivity contribution in [3.05, 3.63) is 5.82 Å². The quantitative estimate of drug-likeness (QED) is 0.742. The first kappa shape index (κ1) is 12.9. The summed E-state index contributed by atoms with van der Waals surface area (Å²) in [5, 5.41) is 12.8. The van der Waals surface area contributed by atoms with Crippen LogP contribution in [-0.2, 0) is 0 Å². The molecule has 1 atom stereocenters. The zero-order valence-corrected chi connectivity index (χ0v) is 10.9. The monoisotopic (exact) mass is 247 g/mol. The van der Waals surface area contributed by atoms with Crippen molar-refractivity contribution in [1.82, 2.24) is 14.7 Å². The van der Waals surface area contributed by atoms with Crippen molar-refractivity contribution in [2.45, 2.75) is 37.3 Å². The van der Waals surface area contributed by atoms with Crippen molar-refractivity contribution in [1.29, 1.82) is 0 Å². The van der Waals surface area contributed by atoms with Crippen molar-refractivity contribution in [2.24, 2.45) is 0 Å². The van der Waals surface area contributed by atoms with Gasteiger partial charge in [0.15, 0.2) is 4.34 Å². The van der Waals surface area contributed by atoms with Crippen molar-refractivity contribution in [3.63, 3.8) is 0 Å². The van der Waals surface area contributed by atoms with E-state index >= 15 is 0 Å². The van der Waals surface area contributed by atoms with Crippen LogP contribution in [0.5, 0.6) is 0 Å². The fourth-order valence-electron chi connectivity index (χ4n) is 0.935. The molecule has 0 spiro atoms. The molecule has 4 nitrogen and oxygen atoms in total. The van der Waals surface area contributed by atoms with Gasteiger partial charge in [-0.05, 0) is 18.5 Å². The minimum atomic E-state index is -0.332. The number of aliphatic hydroxyl groups is 1. The summed E-state index contributed by atoms with van der Waals surface area (Å²) in [7, 11) is 0. The molecule has 0 aliphatic rings. The highest BCUT2D eigenvalue weighted by atomic mass is 32.2. The number of aryl methyl sites for hydroxylation is 1. The molecule has 0 saturated heterocycles. The Balaban J connectivity index is 2.19. The minimum absolute atomic E-state index is 0.332. The number of thioether (sulfide) groups is 1. The van der Waals surface area contributed by atoms with E-state index in [0.717, 1.165) is 10.2 Å². The zero-order chi connectivity index (χ0) is 11.3. The number of aromatic nitrogens is 2. The maximum absolute atomic E-state index is 9.64. The molecule has 0 radical (unpaired) electrons. The van der Waals surface area contributed by atoms with E-state index in [0.29, 0.717) is 18.3 Å². The molecule has 1 rings (SSSR count). The lowest BCUT2D eigenvalue weighted by atomic mass is 10.3. The van der Waals surface area contributed by atoms with Gasteiger partial charge in [0, 0.05) is 18.3 Å². The molecule has 1 heterocycles. The first-order valence-electron chi connectivity index (χ1n) is 4.92. The zero-order valence-electron chi connectivity index (χ0n) is 9.23. The molecule has 0 fully saturated rings. The number of rotatable bonds is 6. The van der Waals surface area contributed by atoms with E-state index in [-0.39, 0.29) is 6.10 Å². The Hall–Kier alpha value is -0.170. The Labute approximate surface area is 98.7 Å². The van der Waals surface area contributed by atoms with E-state index in [2.05, 4.69) is 28.5 Å². The minimum Gasteiger partial charge on any atom is -0.391 e. The highest BCUT2D eigenvalue weighted by Crippen LogP contribution is 2.20. The summed E-state index contributed by atoms with van der Waals surface area (Å²) in [6.45, 7) is 6.63. The molecule has 0 amide bonds. The van der Waals surface area contributed by atoms with Gasteiger partial charge in [0.1, 0.15) is 5.82 Å². The molecule has 1 unspecified atom stereocenters. The van der Waals surface area contributed by atoms with E-state index in [1.54, 1.807) is 11.8 Å². The third kappa shape index (κ3) is 5.46. The predicted octanol–water partition coefficient (Wildman–Crippen LogP) is 1.30. The Bertz CT molecular complexity index is 291. The summed E-state index contributed by atoms with van der Waals surface area (Å²) >= 11 is 2.94. The van der Waals surface area contributed by atoms with Gasteiger partial charge in [0.2, 0.25) is 0 Å². The SMILES string of the molecule is Cc1nsc(SCC(O)CNC(C)C)n1. The van der Waals surface area contributed by atoms with E-state index < -0.39 is 0 Å². The Morgan fingerprint density at radius 1 is 1.53 bits per heavy atom. The lowest BCUT2D eigenvalue weighted by Gasteiger charge is -2.12. The molecule has 6 heteroatoms. The van der Waals surface area contributed by atoms with Crippen LogP contribution < -0.4 is 5.32 Å². The van der Waals surface area contributed by atoms with Gasteiger partial charge in [-0.1, -0.05) is 25.6 Å². The van der Waals surface area contributed by atoms with Crippen molar-refractivity contribution in [3.8, 4) is 0 Å². The molecule has 1 aromatic rings. The van der Waals surface area contributed by atoms with Gasteiger partial charge in [-0.25, -0.2) is 4.98 Å². The van der Waals surface area contributed by atoms with Gasteiger partial charge < -0.3 is 10.4 Å². The summed E-state index contributed by atoms with van der Waals surface area (Å²) in [6.07, 6.45) is -0.332. The normalized spacial score (nSPS) is 13.4. The molecule has 15 heavy (non-hydrogen) atoms. The third-order valence-electron chi connectivity index (χ3n) is 1.67. The lowest BCUT2D eigenvalue weighted by Crippen LogP contribution is -2.33. The molecule has 0 aromatic carbocycles. The maximum Gasteiger partial charge on any atom is 0.170 e. The number of nitrogens with zero attached hydrogens (tertiary/aromatic N) is 2. The molecule has 0 aliphatic carbocycles. The number of aliphatic hydroxyl groups excluding tert-OH is 1. The lowest BCUT2D eigenvalue weighted by molar-refractivity contribution is 0.192. The largest absolute Gasteiger partial charge is 0.391 e. The Morgan fingerprint density at radius 3 is 2.80 bits per heavy atom. The van der Waals surface area contributed by atoms with Crippen LogP contribution >= 0.6 is 23.3 Å². The van der Waals surface area contributed by atoms with Gasteiger partial charge >= 0.3 is 0 Å². The molecule has 2 N–H and O–H groups in total. The standard InChI is InChI=1S/C9H17N3OS2/c1-6(2)10-4-8(13)5-14-9-11-7(3)12-15-9/h6,8,10,13H,4-5H2,1-3H3. The fourth-order valence-corrected chi connectivity index (χ4v) is 2.54. The van der Waals surface area contributed by atoms with E-state index in [9.17, 15) is 5.11 Å². The molecule has 0 bridgehead atoms. The van der Waals surface area contributed by atoms with Gasteiger partial charge in [0.05, 0.1) is 6.10 Å². The van der Waals surface area contributed by atoms with Gasteiger partial charge in [-0.2, -0.15) is 4.37 Å². The van der Waals surface area contributed by atoms with E-state index in [1.807, 2.05) is 6.92 Å². The van der Waals surface area contributed by atoms with Crippen molar-refractivity contribution in [2.75, 3.05) is 12.3 Å². The van der Waals surface area contributed by atoms with Gasteiger partial charge in [0.25, 0.3) is 0 Å². The van der Waals surface area contributed by atoms with Crippen LogP contribution in [0.1, 0.15) is 19.7 Å². The molecule has 0 aliphatic heterocycles. The average Bonchev–Trinajstić information content (AvgIpc) is 2.58. The molecular weight excluding hydrogens is 230 g/mol. The fraction of sp³-hybridized carbons (Fsp3) is 0.778. The van der Waals surface area contributed by atoms with Crippen LogP contribution in [0.25, 0.3) is 0 Å². The summed E-state index contributed by atoms with van der Waals surface area (Å²) in [5.41, 5.74) is 0. The number of hydrogen-bond donors (Lipinski definition) is 2. The van der Waals surface area contributed by atoms with Crippen LogP contribution in [0.3, 0.4) is 0 Å². The Kier molecular flexibility index (Phi) is 5.52. The highest BCUT2D eigenvalue weighted by molar-refractivity contribution is 8.00. The van der Waals surface area contributed by atoms with Crippen LogP contribution in [0.15, 0.2) is 4.34 Å². The first-order chi connectivity index (χ1) is 7.08. The number of nitrogens with one attached hydrogen (secondary N) is 1. The topological polar surface area (TPSA) is 58.0 Å². The van der Waals surface area contributed by atoms with Crippen molar-refractivity contribution >= 4 is 23.3 Å². The number of hydrogen-bond acceptors (Lipinski definition) is 6. The Morgan fingerprint density at radius 2 is 2.27 bits per heavy atom. The van der Waals surface area contributed by atoms with Gasteiger partial charge in [-0.15, -0.1) is 0 Å².